The van der Waals surface area contributed by atoms with Gasteiger partial charge in [-0.05, 0) is 73.4 Å². The van der Waals surface area contributed by atoms with Crippen LogP contribution < -0.4 is 0 Å². The molecule has 1 unspecified atom stereocenters. The Hall–Kier alpha value is -1.25. The summed E-state index contributed by atoms with van der Waals surface area (Å²) in [6.45, 7) is 1.38. The number of benzene rings is 2. The molecule has 15 heteroatoms. The molecule has 0 aliphatic heterocycles. The molecule has 0 amide bonds. The van der Waals surface area contributed by atoms with Crippen LogP contribution in [0.3, 0.4) is 0 Å². The predicted octanol–water partition coefficient (Wildman–Crippen LogP) is 11.0. The summed E-state index contributed by atoms with van der Waals surface area (Å²) in [5.41, 5.74) is -3.80. The van der Waals surface area contributed by atoms with E-state index in [9.17, 15) is 48.7 Å². The second-order valence-electron chi connectivity index (χ2n) is 8.45. The van der Waals surface area contributed by atoms with Crippen molar-refractivity contribution < 1.29 is 48.7 Å². The molecule has 2 rings (SSSR count). The minimum absolute atomic E-state index is 0.100. The molecule has 0 N–H and O–H groups in total. The summed E-state index contributed by atoms with van der Waals surface area (Å²) in [5, 5.41) is -0.129. The van der Waals surface area contributed by atoms with Crippen LogP contribution in [0.2, 0.25) is 5.02 Å². The normalized spacial score (nSPS) is 14.9. The molecule has 0 radical (unpaired) electrons. The van der Waals surface area contributed by atoms with Gasteiger partial charge in [-0.3, -0.25) is 4.79 Å². The summed E-state index contributed by atoms with van der Waals surface area (Å²) < 4.78 is 135. The molecule has 39 heavy (non-hydrogen) atoms. The van der Waals surface area contributed by atoms with Gasteiger partial charge in [0.1, 0.15) is 11.7 Å². The number of rotatable bonds is 9. The quantitative estimate of drug-likeness (QED) is 0.145. The summed E-state index contributed by atoms with van der Waals surface area (Å²) in [6.07, 6.45) is -15.1. The van der Waals surface area contributed by atoms with E-state index >= 15 is 0 Å². The molecule has 0 fully saturated rings. The van der Waals surface area contributed by atoms with E-state index in [0.717, 1.165) is 18.2 Å². The summed E-state index contributed by atoms with van der Waals surface area (Å²) in [5.74, 6) is -7.33. The highest BCUT2D eigenvalue weighted by Crippen LogP contribution is 2.43. The lowest BCUT2D eigenvalue weighted by atomic mass is 9.93. The van der Waals surface area contributed by atoms with Crippen LogP contribution in [-0.4, -0.2) is 29.6 Å². The highest BCUT2D eigenvalue weighted by Gasteiger charge is 2.41. The Kier molecular flexibility index (Phi) is 11.5. The van der Waals surface area contributed by atoms with Gasteiger partial charge < -0.3 is 0 Å². The highest BCUT2D eigenvalue weighted by molar-refractivity contribution is 9.13. The van der Waals surface area contributed by atoms with Crippen molar-refractivity contribution in [3.63, 3.8) is 0 Å². The minimum Gasteiger partial charge on any atom is -0.294 e. The molecule has 0 aliphatic carbocycles. The number of hydrogen-bond donors (Lipinski definition) is 0. The number of ketones is 1. The van der Waals surface area contributed by atoms with Crippen LogP contribution in [-0.2, 0) is 6.18 Å². The van der Waals surface area contributed by atoms with Gasteiger partial charge in [0.05, 0.1) is 20.8 Å². The molecule has 2 aromatic carbocycles. The number of carbonyl (C=O) groups is 1. The maximum absolute atomic E-state index is 15.0. The molecule has 0 heterocycles. The SMILES string of the molecule is C[C@H](CSCC(F)(F)F)CC(=O)c1ccc(/C(F)=C/C(c2cc(Cl)c(Br)c(Br)c2)C(F)(F)F)cc1C(F)(F)F. The lowest BCUT2D eigenvalue weighted by molar-refractivity contribution is -0.140. The maximum atomic E-state index is 15.0. The Morgan fingerprint density at radius 3 is 2.15 bits per heavy atom. The molecule has 0 saturated heterocycles. The maximum Gasteiger partial charge on any atom is 0.417 e. The molecule has 0 saturated carbocycles. The van der Waals surface area contributed by atoms with Crippen molar-refractivity contribution in [3.8, 4) is 0 Å². The van der Waals surface area contributed by atoms with E-state index in [4.69, 9.17) is 11.6 Å². The first-order chi connectivity index (χ1) is 17.7. The number of alkyl halides is 9. The van der Waals surface area contributed by atoms with Crippen molar-refractivity contribution in [1.29, 1.82) is 0 Å². The van der Waals surface area contributed by atoms with Crippen molar-refractivity contribution in [2.75, 3.05) is 11.5 Å². The molecule has 2 atom stereocenters. The molecule has 216 valence electrons. The molecule has 0 bridgehead atoms. The Morgan fingerprint density at radius 2 is 1.64 bits per heavy atom. The van der Waals surface area contributed by atoms with Gasteiger partial charge in [0.15, 0.2) is 5.78 Å². The molecule has 0 aromatic heterocycles. The second kappa shape index (κ2) is 13.2. The Balaban J connectivity index is 2.42. The molecule has 0 aliphatic rings. The molecule has 0 spiro atoms. The minimum atomic E-state index is -5.18. The van der Waals surface area contributed by atoms with Crippen LogP contribution in [0.1, 0.15) is 46.3 Å². The Labute approximate surface area is 242 Å². The van der Waals surface area contributed by atoms with E-state index < -0.39 is 76.4 Å². The van der Waals surface area contributed by atoms with Crippen LogP contribution >= 0.6 is 55.2 Å². The number of hydrogen-bond acceptors (Lipinski definition) is 2. The Morgan fingerprint density at radius 1 is 1.03 bits per heavy atom. The first-order valence-electron chi connectivity index (χ1n) is 10.7. The average Bonchev–Trinajstić information content (AvgIpc) is 2.77. The van der Waals surface area contributed by atoms with Crippen molar-refractivity contribution in [2.45, 2.75) is 37.8 Å². The number of halogens is 13. The van der Waals surface area contributed by atoms with Crippen molar-refractivity contribution in [3.05, 3.63) is 72.6 Å². The molecule has 2 aromatic rings. The fraction of sp³-hybridized carbons (Fsp3) is 0.375. The highest BCUT2D eigenvalue weighted by atomic mass is 79.9. The Bertz CT molecular complexity index is 1200. The van der Waals surface area contributed by atoms with Gasteiger partial charge in [0.2, 0.25) is 0 Å². The molecule has 1 nitrogen and oxygen atoms in total. The van der Waals surface area contributed by atoms with Gasteiger partial charge in [-0.25, -0.2) is 4.39 Å². The van der Waals surface area contributed by atoms with Gasteiger partial charge in [-0.1, -0.05) is 30.7 Å². The second-order valence-corrected chi connectivity index (χ2v) is 11.5. The first-order valence-corrected chi connectivity index (χ1v) is 13.8. The number of carbonyl (C=O) groups excluding carboxylic acids is 1. The zero-order valence-electron chi connectivity index (χ0n) is 19.5. The first kappa shape index (κ1) is 34.0. The fourth-order valence-electron chi connectivity index (χ4n) is 3.41. The van der Waals surface area contributed by atoms with Crippen LogP contribution in [0.25, 0.3) is 5.83 Å². The van der Waals surface area contributed by atoms with E-state index in [1.165, 1.54) is 6.92 Å². The number of allylic oxidation sites excluding steroid dienone is 1. The summed E-state index contributed by atoms with van der Waals surface area (Å²) in [6, 6.07) is 3.54. The smallest absolute Gasteiger partial charge is 0.294 e. The van der Waals surface area contributed by atoms with Gasteiger partial charge in [0.25, 0.3) is 0 Å². The third-order valence-corrected chi connectivity index (χ3v) is 9.01. The van der Waals surface area contributed by atoms with Crippen LogP contribution in [0.15, 0.2) is 45.4 Å². The van der Waals surface area contributed by atoms with Crippen LogP contribution in [0.5, 0.6) is 0 Å². The van der Waals surface area contributed by atoms with Gasteiger partial charge in [-0.2, -0.15) is 51.3 Å². The van der Waals surface area contributed by atoms with Crippen molar-refractivity contribution >= 4 is 66.8 Å². The largest absolute Gasteiger partial charge is 0.417 e. The summed E-state index contributed by atoms with van der Waals surface area (Å²) in [4.78, 5) is 12.5. The number of Topliss-reactive ketones (excluding diaryl/α,β-unsaturated/α-hetero) is 1. The molecular formula is C24H17Br2ClF10OS. The van der Waals surface area contributed by atoms with E-state index in [-0.39, 0.29) is 31.9 Å². The van der Waals surface area contributed by atoms with E-state index in [1.54, 1.807) is 0 Å². The van der Waals surface area contributed by atoms with Crippen LogP contribution in [0, 0.1) is 5.92 Å². The van der Waals surface area contributed by atoms with Crippen LogP contribution in [0.4, 0.5) is 43.9 Å². The van der Waals surface area contributed by atoms with E-state index in [0.29, 0.717) is 17.8 Å². The molecular weight excluding hydrogens is 722 g/mol. The average molecular weight is 739 g/mol. The topological polar surface area (TPSA) is 17.1 Å². The fourth-order valence-corrected chi connectivity index (χ4v) is 5.33. The van der Waals surface area contributed by atoms with Gasteiger partial charge >= 0.3 is 18.5 Å². The van der Waals surface area contributed by atoms with Gasteiger partial charge in [0, 0.05) is 22.0 Å². The van der Waals surface area contributed by atoms with Crippen molar-refractivity contribution in [1.82, 2.24) is 0 Å². The summed E-state index contributed by atoms with van der Waals surface area (Å²) >= 11 is 12.4. The lowest BCUT2D eigenvalue weighted by Gasteiger charge is -2.19. The van der Waals surface area contributed by atoms with Crippen molar-refractivity contribution in [2.24, 2.45) is 5.92 Å². The zero-order chi connectivity index (χ0) is 29.9. The van der Waals surface area contributed by atoms with Gasteiger partial charge in [-0.15, -0.1) is 0 Å². The monoisotopic (exact) mass is 736 g/mol. The third kappa shape index (κ3) is 9.96. The van der Waals surface area contributed by atoms with E-state index in [1.807, 2.05) is 0 Å². The number of thioether (sulfide) groups is 1. The third-order valence-electron chi connectivity index (χ3n) is 5.13. The zero-order valence-corrected chi connectivity index (χ0v) is 24.2. The predicted molar refractivity (Wildman–Crippen MR) is 138 cm³/mol. The standard InChI is InChI=1S/C24H17Br2ClF10OS/c1-11(9-39-10-22(29,30)31)4-20(38)14-3-2-12(5-16(14)24(35,36)37)19(28)8-15(23(32,33)34)13-6-17(25)21(26)18(27)7-13/h2-3,5-8,11,15H,4,9-10H2,1H3/b19-8-/t11-,15?/m0/s1. The lowest BCUT2D eigenvalue weighted by Crippen LogP contribution is -2.19. The van der Waals surface area contributed by atoms with E-state index in [2.05, 4.69) is 31.9 Å². The summed E-state index contributed by atoms with van der Waals surface area (Å²) in [7, 11) is 0.